The summed E-state index contributed by atoms with van der Waals surface area (Å²) >= 11 is 5.76. The molecule has 0 spiro atoms. The highest BCUT2D eigenvalue weighted by molar-refractivity contribution is 6.29. The lowest BCUT2D eigenvalue weighted by atomic mass is 10.0. The molecule has 1 aliphatic heterocycles. The van der Waals surface area contributed by atoms with Gasteiger partial charge in [0.05, 0.1) is 11.8 Å². The molecule has 2 rings (SSSR count). The first-order valence-corrected chi connectivity index (χ1v) is 6.34. The molecule has 0 aromatic carbocycles. The van der Waals surface area contributed by atoms with Crippen molar-refractivity contribution in [1.29, 1.82) is 5.26 Å². The number of hydrogen-bond acceptors (Lipinski definition) is 5. The van der Waals surface area contributed by atoms with Crippen LogP contribution in [0.4, 0.5) is 0 Å². The topological polar surface area (TPSA) is 73.1 Å². The van der Waals surface area contributed by atoms with E-state index in [4.69, 9.17) is 11.6 Å². The van der Waals surface area contributed by atoms with E-state index in [0.717, 1.165) is 13.1 Å². The van der Waals surface area contributed by atoms with Gasteiger partial charge >= 0.3 is 0 Å². The van der Waals surface area contributed by atoms with Crippen LogP contribution in [0.5, 0.6) is 0 Å². The zero-order valence-electron chi connectivity index (χ0n) is 10.6. The highest BCUT2D eigenvalue weighted by atomic mass is 35.5. The number of piperazine rings is 1. The van der Waals surface area contributed by atoms with Gasteiger partial charge < -0.3 is 9.80 Å². The van der Waals surface area contributed by atoms with Crippen LogP contribution in [0.25, 0.3) is 0 Å². The van der Waals surface area contributed by atoms with E-state index >= 15 is 0 Å². The third-order valence-electron chi connectivity index (χ3n) is 3.14. The third kappa shape index (κ3) is 3.19. The first-order chi connectivity index (χ1) is 9.11. The molecule has 0 N–H and O–H groups in total. The minimum absolute atomic E-state index is 0.217. The Morgan fingerprint density at radius 3 is 2.68 bits per heavy atom. The second-order valence-electron chi connectivity index (χ2n) is 4.46. The van der Waals surface area contributed by atoms with Gasteiger partial charge in [-0.3, -0.25) is 4.79 Å². The number of halogens is 1. The van der Waals surface area contributed by atoms with Crippen LogP contribution in [0.2, 0.25) is 5.15 Å². The monoisotopic (exact) mass is 279 g/mol. The summed E-state index contributed by atoms with van der Waals surface area (Å²) in [5.74, 6) is -1.13. The van der Waals surface area contributed by atoms with E-state index in [1.807, 2.05) is 13.1 Å². The Kier molecular flexibility index (Phi) is 4.30. The van der Waals surface area contributed by atoms with Crippen LogP contribution >= 0.6 is 11.6 Å². The maximum absolute atomic E-state index is 12.3. The molecular formula is C12H14ClN5O. The van der Waals surface area contributed by atoms with Crippen molar-refractivity contribution in [1.82, 2.24) is 19.8 Å². The second kappa shape index (κ2) is 5.95. The third-order valence-corrected chi connectivity index (χ3v) is 3.35. The van der Waals surface area contributed by atoms with Gasteiger partial charge in [-0.15, -0.1) is 0 Å². The van der Waals surface area contributed by atoms with Gasteiger partial charge in [0, 0.05) is 26.2 Å². The van der Waals surface area contributed by atoms with E-state index in [1.54, 1.807) is 4.90 Å². The maximum atomic E-state index is 12.3. The molecule has 0 radical (unpaired) electrons. The van der Waals surface area contributed by atoms with Crippen LogP contribution in [-0.2, 0) is 4.79 Å². The first kappa shape index (κ1) is 13.7. The van der Waals surface area contributed by atoms with Crippen LogP contribution in [-0.4, -0.2) is 58.9 Å². The van der Waals surface area contributed by atoms with Crippen LogP contribution < -0.4 is 0 Å². The van der Waals surface area contributed by atoms with Gasteiger partial charge in [-0.1, -0.05) is 11.6 Å². The van der Waals surface area contributed by atoms with Crippen molar-refractivity contribution in [3.63, 3.8) is 0 Å². The van der Waals surface area contributed by atoms with Crippen molar-refractivity contribution in [2.75, 3.05) is 33.2 Å². The lowest BCUT2D eigenvalue weighted by molar-refractivity contribution is -0.133. The fraction of sp³-hybridized carbons (Fsp3) is 0.500. The highest BCUT2D eigenvalue weighted by Gasteiger charge is 2.29. The van der Waals surface area contributed by atoms with E-state index in [2.05, 4.69) is 14.9 Å². The number of nitriles is 1. The molecule has 0 saturated carbocycles. The normalized spacial score (nSPS) is 17.8. The zero-order chi connectivity index (χ0) is 13.8. The van der Waals surface area contributed by atoms with E-state index in [-0.39, 0.29) is 11.1 Å². The number of nitrogens with zero attached hydrogens (tertiary/aromatic N) is 5. The molecule has 1 aromatic heterocycles. The second-order valence-corrected chi connectivity index (χ2v) is 4.84. The minimum Gasteiger partial charge on any atom is -0.339 e. The van der Waals surface area contributed by atoms with Gasteiger partial charge in [-0.2, -0.15) is 5.26 Å². The number of carbonyl (C=O) groups is 1. The average Bonchev–Trinajstić information content (AvgIpc) is 2.40. The summed E-state index contributed by atoms with van der Waals surface area (Å²) in [6, 6.07) is 3.46. The Morgan fingerprint density at radius 1 is 1.42 bits per heavy atom. The van der Waals surface area contributed by atoms with Gasteiger partial charge in [0.1, 0.15) is 11.5 Å². The molecule has 7 heteroatoms. The average molecular weight is 280 g/mol. The van der Waals surface area contributed by atoms with Gasteiger partial charge in [0.2, 0.25) is 5.91 Å². The van der Waals surface area contributed by atoms with Crippen molar-refractivity contribution in [2.45, 2.75) is 5.92 Å². The molecule has 1 saturated heterocycles. The fourth-order valence-corrected chi connectivity index (χ4v) is 2.12. The van der Waals surface area contributed by atoms with Gasteiger partial charge in [0.15, 0.2) is 5.92 Å². The predicted molar refractivity (Wildman–Crippen MR) is 69.5 cm³/mol. The summed E-state index contributed by atoms with van der Waals surface area (Å²) < 4.78 is 0. The van der Waals surface area contributed by atoms with E-state index in [9.17, 15) is 10.1 Å². The highest BCUT2D eigenvalue weighted by Crippen LogP contribution is 2.18. The number of likely N-dealkylation sites (N-methyl/N-ethyl adjacent to an activating group) is 1. The summed E-state index contributed by atoms with van der Waals surface area (Å²) in [6.07, 6.45) is 1.26. The maximum Gasteiger partial charge on any atom is 0.246 e. The largest absolute Gasteiger partial charge is 0.339 e. The number of aromatic nitrogens is 2. The molecule has 1 amide bonds. The van der Waals surface area contributed by atoms with Crippen LogP contribution in [0.15, 0.2) is 12.4 Å². The molecule has 1 aliphatic rings. The lowest BCUT2D eigenvalue weighted by Gasteiger charge is -2.33. The lowest BCUT2D eigenvalue weighted by Crippen LogP contribution is -2.48. The van der Waals surface area contributed by atoms with Crippen molar-refractivity contribution in [2.24, 2.45) is 0 Å². The Hall–Kier alpha value is -1.71. The van der Waals surface area contributed by atoms with Gasteiger partial charge in [-0.05, 0) is 13.1 Å². The van der Waals surface area contributed by atoms with Crippen LogP contribution in [0.1, 0.15) is 11.6 Å². The summed E-state index contributed by atoms with van der Waals surface area (Å²) in [5.41, 5.74) is 0.353. The molecule has 0 bridgehead atoms. The van der Waals surface area contributed by atoms with Gasteiger partial charge in [-0.25, -0.2) is 9.97 Å². The van der Waals surface area contributed by atoms with E-state index in [1.165, 1.54) is 12.4 Å². The summed E-state index contributed by atoms with van der Waals surface area (Å²) in [7, 11) is 2.01. The molecule has 0 unspecified atom stereocenters. The Labute approximate surface area is 116 Å². The smallest absolute Gasteiger partial charge is 0.246 e. The van der Waals surface area contributed by atoms with Gasteiger partial charge in [0.25, 0.3) is 0 Å². The Bertz CT molecular complexity index is 507. The molecule has 1 aromatic rings. The Balaban J connectivity index is 2.14. The van der Waals surface area contributed by atoms with E-state index in [0.29, 0.717) is 18.8 Å². The standard InChI is InChI=1S/C12H14ClN5O/c1-17-2-4-18(5-3-17)12(19)9(7-14)10-6-11(13)16-8-15-10/h6,8-9H,2-5H2,1H3/t9-/m0/s1. The first-order valence-electron chi connectivity index (χ1n) is 5.96. The number of amides is 1. The molecule has 2 heterocycles. The number of carbonyl (C=O) groups excluding carboxylic acids is 1. The molecule has 1 atom stereocenters. The molecule has 1 fully saturated rings. The van der Waals surface area contributed by atoms with Crippen molar-refractivity contribution in [3.8, 4) is 6.07 Å². The molecule has 100 valence electrons. The molecular weight excluding hydrogens is 266 g/mol. The predicted octanol–water partition coefficient (Wildman–Crippen LogP) is 0.511. The summed E-state index contributed by atoms with van der Waals surface area (Å²) in [6.45, 7) is 2.89. The van der Waals surface area contributed by atoms with Crippen molar-refractivity contribution in [3.05, 3.63) is 23.2 Å². The van der Waals surface area contributed by atoms with Crippen LogP contribution in [0.3, 0.4) is 0 Å². The number of rotatable bonds is 2. The fourth-order valence-electron chi connectivity index (χ4n) is 1.96. The van der Waals surface area contributed by atoms with Crippen LogP contribution in [0, 0.1) is 11.3 Å². The molecule has 0 aliphatic carbocycles. The molecule has 6 nitrogen and oxygen atoms in total. The summed E-state index contributed by atoms with van der Waals surface area (Å²) in [5, 5.41) is 9.44. The quantitative estimate of drug-likeness (QED) is 0.738. The SMILES string of the molecule is CN1CCN(C(=O)[C@@H](C#N)c2cc(Cl)ncn2)CC1. The van der Waals surface area contributed by atoms with Crippen molar-refractivity contribution < 1.29 is 4.79 Å². The van der Waals surface area contributed by atoms with Crippen molar-refractivity contribution >= 4 is 17.5 Å². The Morgan fingerprint density at radius 2 is 2.11 bits per heavy atom. The summed E-state index contributed by atoms with van der Waals surface area (Å²) in [4.78, 5) is 23.9. The number of hydrogen-bond donors (Lipinski definition) is 0. The zero-order valence-corrected chi connectivity index (χ0v) is 11.3. The minimum atomic E-state index is -0.913. The van der Waals surface area contributed by atoms with E-state index < -0.39 is 5.92 Å². The molecule has 19 heavy (non-hydrogen) atoms.